The highest BCUT2D eigenvalue weighted by molar-refractivity contribution is 6.27. The molecule has 14 heavy (non-hydrogen) atoms. The van der Waals surface area contributed by atoms with Crippen molar-refractivity contribution in [2.75, 3.05) is 11.2 Å². The van der Waals surface area contributed by atoms with Gasteiger partial charge in [0.2, 0.25) is 5.91 Å². The Kier molecular flexibility index (Phi) is 4.26. The Balaban J connectivity index is 2.41. The zero-order valence-electron chi connectivity index (χ0n) is 7.96. The lowest BCUT2D eigenvalue weighted by Crippen LogP contribution is -2.38. The Hall–Kier alpha value is -1.22. The minimum atomic E-state index is -0.178. The Morgan fingerprint density at radius 1 is 1.43 bits per heavy atom. The van der Waals surface area contributed by atoms with E-state index < -0.39 is 0 Å². The fraction of sp³-hybridized carbons (Fsp3) is 0.300. The van der Waals surface area contributed by atoms with Crippen molar-refractivity contribution in [3.05, 3.63) is 30.3 Å². The first-order valence-corrected chi connectivity index (χ1v) is 4.92. The molecule has 0 aliphatic carbocycles. The third-order valence-electron chi connectivity index (χ3n) is 1.66. The van der Waals surface area contributed by atoms with Gasteiger partial charge in [0.15, 0.2) is 0 Å². The highest BCUT2D eigenvalue weighted by Gasteiger charge is 2.04. The number of hydrogen-bond donors (Lipinski definition) is 2. The topological polar surface area (TPSA) is 41.1 Å². The Morgan fingerprint density at radius 3 is 2.64 bits per heavy atom. The van der Waals surface area contributed by atoms with E-state index >= 15 is 0 Å². The van der Waals surface area contributed by atoms with Crippen LogP contribution < -0.4 is 10.6 Å². The predicted octanol–water partition coefficient (Wildman–Crippen LogP) is 1.80. The molecule has 0 heterocycles. The maximum Gasteiger partial charge on any atom is 0.236 e. The Bertz CT molecular complexity index is 289. The van der Waals surface area contributed by atoms with Gasteiger partial charge in [-0.25, -0.2) is 0 Å². The van der Waals surface area contributed by atoms with Crippen molar-refractivity contribution in [3.8, 4) is 0 Å². The number of rotatable bonds is 4. The molecule has 0 radical (unpaired) electrons. The fourth-order valence-electron chi connectivity index (χ4n) is 1.10. The van der Waals surface area contributed by atoms with Crippen LogP contribution >= 0.6 is 11.6 Å². The van der Waals surface area contributed by atoms with Gasteiger partial charge in [0, 0.05) is 5.69 Å². The van der Waals surface area contributed by atoms with Crippen molar-refractivity contribution in [1.29, 1.82) is 0 Å². The molecule has 1 aromatic carbocycles. The molecule has 3 nitrogen and oxygen atoms in total. The molecule has 76 valence electrons. The van der Waals surface area contributed by atoms with Gasteiger partial charge in [-0.3, -0.25) is 4.79 Å². The van der Waals surface area contributed by atoms with Crippen LogP contribution in [0.1, 0.15) is 6.92 Å². The zero-order valence-corrected chi connectivity index (χ0v) is 8.71. The summed E-state index contributed by atoms with van der Waals surface area (Å²) in [7, 11) is 0. The number of amides is 1. The van der Waals surface area contributed by atoms with Crippen LogP contribution in [0.15, 0.2) is 30.3 Å². The van der Waals surface area contributed by atoms with E-state index in [4.69, 9.17) is 11.6 Å². The summed E-state index contributed by atoms with van der Waals surface area (Å²) in [6, 6.07) is 9.66. The molecule has 2 N–H and O–H groups in total. The number of halogens is 1. The number of carbonyl (C=O) groups is 1. The number of carbonyl (C=O) groups excluding carboxylic acids is 1. The summed E-state index contributed by atoms with van der Waals surface area (Å²) in [6.07, 6.45) is -0.122. The highest BCUT2D eigenvalue weighted by Crippen LogP contribution is 2.05. The summed E-state index contributed by atoms with van der Waals surface area (Å²) in [5.41, 5.74) is 0.967. The van der Waals surface area contributed by atoms with Crippen molar-refractivity contribution in [2.24, 2.45) is 0 Å². The van der Waals surface area contributed by atoms with Crippen molar-refractivity contribution in [2.45, 2.75) is 13.1 Å². The smallest absolute Gasteiger partial charge is 0.236 e. The second-order valence-corrected chi connectivity index (χ2v) is 3.20. The monoisotopic (exact) mass is 212 g/mol. The van der Waals surface area contributed by atoms with Crippen LogP contribution in [0.25, 0.3) is 0 Å². The first-order chi connectivity index (χ1) is 6.72. The first-order valence-electron chi connectivity index (χ1n) is 4.39. The van der Waals surface area contributed by atoms with Crippen LogP contribution in [-0.2, 0) is 4.79 Å². The van der Waals surface area contributed by atoms with Gasteiger partial charge in [-0.1, -0.05) is 18.2 Å². The lowest BCUT2D eigenvalue weighted by atomic mass is 10.3. The number of benzene rings is 1. The van der Waals surface area contributed by atoms with E-state index in [9.17, 15) is 4.79 Å². The quantitative estimate of drug-likeness (QED) is 0.590. The summed E-state index contributed by atoms with van der Waals surface area (Å²) in [4.78, 5) is 10.9. The molecular weight excluding hydrogens is 200 g/mol. The van der Waals surface area contributed by atoms with Crippen LogP contribution in [0.4, 0.5) is 5.69 Å². The predicted molar refractivity (Wildman–Crippen MR) is 58.4 cm³/mol. The second-order valence-electron chi connectivity index (χ2n) is 2.93. The summed E-state index contributed by atoms with van der Waals surface area (Å²) in [5.74, 6) is -0.191. The van der Waals surface area contributed by atoms with Crippen LogP contribution in [0.2, 0.25) is 0 Å². The molecule has 0 saturated carbocycles. The normalized spacial score (nSPS) is 11.9. The number of nitrogens with one attached hydrogen (secondary N) is 2. The summed E-state index contributed by atoms with van der Waals surface area (Å²) < 4.78 is 0. The number of alkyl halides is 1. The summed E-state index contributed by atoms with van der Waals surface area (Å²) >= 11 is 5.36. The molecule has 0 bridgehead atoms. The molecule has 0 fully saturated rings. The molecular formula is C10H13ClN2O. The van der Waals surface area contributed by atoms with Gasteiger partial charge in [-0.05, 0) is 19.1 Å². The molecule has 4 heteroatoms. The molecule has 1 amide bonds. The maximum atomic E-state index is 10.9. The Morgan fingerprint density at radius 2 is 2.07 bits per heavy atom. The molecule has 1 unspecified atom stereocenters. The standard InChI is InChI=1S/C10H13ClN2O/c1-8(13-10(14)7-11)12-9-5-3-2-4-6-9/h2-6,8,12H,7H2,1H3,(H,13,14). The van der Waals surface area contributed by atoms with E-state index in [0.717, 1.165) is 5.69 Å². The molecule has 0 saturated heterocycles. The summed E-state index contributed by atoms with van der Waals surface area (Å²) in [6.45, 7) is 1.86. The van der Waals surface area contributed by atoms with Crippen LogP contribution in [0.5, 0.6) is 0 Å². The minimum Gasteiger partial charge on any atom is -0.366 e. The van der Waals surface area contributed by atoms with Gasteiger partial charge >= 0.3 is 0 Å². The van der Waals surface area contributed by atoms with Crippen LogP contribution in [-0.4, -0.2) is 18.0 Å². The maximum absolute atomic E-state index is 10.9. The second kappa shape index (κ2) is 5.50. The van der Waals surface area contributed by atoms with Gasteiger partial charge in [-0.15, -0.1) is 11.6 Å². The van der Waals surface area contributed by atoms with Gasteiger partial charge in [-0.2, -0.15) is 0 Å². The molecule has 0 aliphatic rings. The third-order valence-corrected chi connectivity index (χ3v) is 1.90. The van der Waals surface area contributed by atoms with Crippen molar-refractivity contribution < 1.29 is 4.79 Å². The third kappa shape index (κ3) is 3.66. The van der Waals surface area contributed by atoms with Crippen molar-refractivity contribution in [3.63, 3.8) is 0 Å². The largest absolute Gasteiger partial charge is 0.366 e. The van der Waals surface area contributed by atoms with E-state index in [1.807, 2.05) is 37.3 Å². The van der Waals surface area contributed by atoms with Crippen molar-refractivity contribution in [1.82, 2.24) is 5.32 Å². The van der Waals surface area contributed by atoms with Crippen molar-refractivity contribution >= 4 is 23.2 Å². The SMILES string of the molecule is CC(NC(=O)CCl)Nc1ccccc1. The van der Waals surface area contributed by atoms with E-state index in [2.05, 4.69) is 10.6 Å². The van der Waals surface area contributed by atoms with Crippen LogP contribution in [0.3, 0.4) is 0 Å². The fourth-order valence-corrected chi connectivity index (χ4v) is 1.18. The minimum absolute atomic E-state index is 0.0131. The van der Waals surface area contributed by atoms with Gasteiger partial charge in [0.1, 0.15) is 5.88 Å². The summed E-state index contributed by atoms with van der Waals surface area (Å²) in [5, 5.41) is 5.81. The van der Waals surface area contributed by atoms with E-state index in [0.29, 0.717) is 0 Å². The highest BCUT2D eigenvalue weighted by atomic mass is 35.5. The molecule has 1 aromatic rings. The molecule has 1 rings (SSSR count). The molecule has 0 aromatic heterocycles. The van der Waals surface area contributed by atoms with Crippen LogP contribution in [0, 0.1) is 0 Å². The average Bonchev–Trinajstić information content (AvgIpc) is 2.19. The number of para-hydroxylation sites is 1. The Labute approximate surface area is 88.5 Å². The van der Waals surface area contributed by atoms with Gasteiger partial charge in [0.25, 0.3) is 0 Å². The molecule has 0 spiro atoms. The van der Waals surface area contributed by atoms with E-state index in [1.165, 1.54) is 0 Å². The number of anilines is 1. The van der Waals surface area contributed by atoms with E-state index in [-0.39, 0.29) is 18.0 Å². The van der Waals surface area contributed by atoms with Gasteiger partial charge < -0.3 is 10.6 Å². The lowest BCUT2D eigenvalue weighted by Gasteiger charge is -2.15. The lowest BCUT2D eigenvalue weighted by molar-refractivity contribution is -0.119. The zero-order chi connectivity index (χ0) is 10.4. The van der Waals surface area contributed by atoms with Gasteiger partial charge in [0.05, 0.1) is 6.17 Å². The first kappa shape index (κ1) is 10.9. The van der Waals surface area contributed by atoms with E-state index in [1.54, 1.807) is 0 Å². The molecule has 1 atom stereocenters. The average molecular weight is 213 g/mol. The molecule has 0 aliphatic heterocycles. The number of hydrogen-bond acceptors (Lipinski definition) is 2.